The van der Waals surface area contributed by atoms with E-state index in [4.69, 9.17) is 0 Å². The molecule has 2 unspecified atom stereocenters. The van der Waals surface area contributed by atoms with Crippen LogP contribution in [-0.4, -0.2) is 30.0 Å². The Kier molecular flexibility index (Phi) is 3.90. The Morgan fingerprint density at radius 2 is 2.04 bits per heavy atom. The minimum atomic E-state index is -0.0370. The Morgan fingerprint density at radius 1 is 1.21 bits per heavy atom. The zero-order valence-corrected chi connectivity index (χ0v) is 13.8. The van der Waals surface area contributed by atoms with E-state index in [-0.39, 0.29) is 11.9 Å². The Bertz CT molecular complexity index is 906. The monoisotopic (exact) mass is 319 g/mol. The van der Waals surface area contributed by atoms with Gasteiger partial charge in [0.05, 0.1) is 11.1 Å². The van der Waals surface area contributed by atoms with Crippen LogP contribution >= 0.6 is 0 Å². The molecule has 0 bridgehead atoms. The molecule has 1 amide bonds. The number of fused-ring (bicyclic) bond motifs is 3. The zero-order valence-electron chi connectivity index (χ0n) is 13.8. The minimum Gasteiger partial charge on any atom is -0.348 e. The molecule has 122 valence electrons. The van der Waals surface area contributed by atoms with Gasteiger partial charge in [-0.15, -0.1) is 0 Å². The summed E-state index contributed by atoms with van der Waals surface area (Å²) in [6, 6.07) is 14.2. The van der Waals surface area contributed by atoms with Crippen LogP contribution in [0.1, 0.15) is 23.7 Å². The van der Waals surface area contributed by atoms with Crippen molar-refractivity contribution in [2.75, 3.05) is 13.1 Å². The predicted octanol–water partition coefficient (Wildman–Crippen LogP) is 3.12. The summed E-state index contributed by atoms with van der Waals surface area (Å²) in [6.07, 6.45) is 2.83. The van der Waals surface area contributed by atoms with E-state index < -0.39 is 0 Å². The standard InChI is InChI=1S/C20H21N3O/c1-13-8-10-21-12-18(13)23-20(24)17-11-14-5-2-3-6-15(14)16-7-4-9-22-19(16)17/h2-7,9,11,13,18,21H,8,10,12H2,1H3,(H,23,24). The van der Waals surface area contributed by atoms with E-state index in [1.807, 2.05) is 36.4 Å². The predicted molar refractivity (Wildman–Crippen MR) is 97.2 cm³/mol. The first-order valence-corrected chi connectivity index (χ1v) is 8.52. The summed E-state index contributed by atoms with van der Waals surface area (Å²) in [7, 11) is 0. The molecular weight excluding hydrogens is 298 g/mol. The van der Waals surface area contributed by atoms with Crippen LogP contribution in [0.2, 0.25) is 0 Å². The Labute approximate surface area is 141 Å². The van der Waals surface area contributed by atoms with Gasteiger partial charge in [0.1, 0.15) is 0 Å². The minimum absolute atomic E-state index is 0.0370. The number of nitrogens with one attached hydrogen (secondary N) is 2. The van der Waals surface area contributed by atoms with Crippen molar-refractivity contribution in [1.29, 1.82) is 0 Å². The lowest BCUT2D eigenvalue weighted by molar-refractivity contribution is 0.0917. The number of carbonyl (C=O) groups excluding carboxylic acids is 1. The van der Waals surface area contributed by atoms with Gasteiger partial charge in [0, 0.05) is 24.2 Å². The molecule has 4 nitrogen and oxygen atoms in total. The third-order valence-corrected chi connectivity index (χ3v) is 5.00. The van der Waals surface area contributed by atoms with E-state index in [1.165, 1.54) is 0 Å². The van der Waals surface area contributed by atoms with Crippen molar-refractivity contribution in [2.45, 2.75) is 19.4 Å². The number of hydrogen-bond donors (Lipinski definition) is 2. The van der Waals surface area contributed by atoms with Crippen molar-refractivity contribution in [1.82, 2.24) is 15.6 Å². The highest BCUT2D eigenvalue weighted by Crippen LogP contribution is 2.27. The molecule has 0 aliphatic carbocycles. The number of rotatable bonds is 2. The van der Waals surface area contributed by atoms with Gasteiger partial charge in [-0.25, -0.2) is 0 Å². The molecule has 2 N–H and O–H groups in total. The fourth-order valence-electron chi connectivity index (χ4n) is 3.53. The highest BCUT2D eigenvalue weighted by Gasteiger charge is 2.24. The smallest absolute Gasteiger partial charge is 0.253 e. The first-order valence-electron chi connectivity index (χ1n) is 8.52. The fourth-order valence-corrected chi connectivity index (χ4v) is 3.53. The lowest BCUT2D eigenvalue weighted by Crippen LogP contribution is -2.50. The number of hydrogen-bond acceptors (Lipinski definition) is 3. The molecule has 24 heavy (non-hydrogen) atoms. The molecule has 0 radical (unpaired) electrons. The van der Waals surface area contributed by atoms with Crippen LogP contribution in [-0.2, 0) is 0 Å². The van der Waals surface area contributed by atoms with Gasteiger partial charge in [0.15, 0.2) is 0 Å². The number of amides is 1. The van der Waals surface area contributed by atoms with Crippen LogP contribution in [0.5, 0.6) is 0 Å². The van der Waals surface area contributed by atoms with Crippen LogP contribution in [0.25, 0.3) is 21.7 Å². The summed E-state index contributed by atoms with van der Waals surface area (Å²) >= 11 is 0. The summed E-state index contributed by atoms with van der Waals surface area (Å²) in [5.41, 5.74) is 1.42. The van der Waals surface area contributed by atoms with Crippen molar-refractivity contribution < 1.29 is 4.79 Å². The molecule has 2 atom stereocenters. The molecule has 0 spiro atoms. The molecule has 0 saturated carbocycles. The largest absolute Gasteiger partial charge is 0.348 e. The van der Waals surface area contributed by atoms with Gasteiger partial charge in [-0.05, 0) is 41.8 Å². The zero-order chi connectivity index (χ0) is 16.5. The summed E-state index contributed by atoms with van der Waals surface area (Å²) in [5.74, 6) is 0.444. The first-order chi connectivity index (χ1) is 11.7. The van der Waals surface area contributed by atoms with Crippen LogP contribution in [0.4, 0.5) is 0 Å². The van der Waals surface area contributed by atoms with Gasteiger partial charge < -0.3 is 10.6 Å². The van der Waals surface area contributed by atoms with Gasteiger partial charge in [-0.1, -0.05) is 37.3 Å². The number of benzene rings is 2. The highest BCUT2D eigenvalue weighted by atomic mass is 16.1. The number of nitrogens with zero attached hydrogens (tertiary/aromatic N) is 1. The van der Waals surface area contributed by atoms with Crippen molar-refractivity contribution in [3.8, 4) is 0 Å². The SMILES string of the molecule is CC1CCNCC1NC(=O)c1cc2ccccc2c2cccnc12. The molecule has 4 rings (SSSR count). The lowest BCUT2D eigenvalue weighted by Gasteiger charge is -2.30. The van der Waals surface area contributed by atoms with Crippen molar-refractivity contribution >= 4 is 27.6 Å². The molecule has 3 aromatic rings. The van der Waals surface area contributed by atoms with E-state index in [0.29, 0.717) is 11.5 Å². The summed E-state index contributed by atoms with van der Waals surface area (Å²) < 4.78 is 0. The molecule has 1 aliphatic rings. The lowest BCUT2D eigenvalue weighted by atomic mass is 9.94. The van der Waals surface area contributed by atoms with Gasteiger partial charge in [0.25, 0.3) is 5.91 Å². The third-order valence-electron chi connectivity index (χ3n) is 5.00. The van der Waals surface area contributed by atoms with Gasteiger partial charge in [0.2, 0.25) is 0 Å². The number of aromatic nitrogens is 1. The highest BCUT2D eigenvalue weighted by molar-refractivity contribution is 6.15. The molecule has 4 heteroatoms. The Morgan fingerprint density at radius 3 is 2.92 bits per heavy atom. The Balaban J connectivity index is 1.78. The average Bonchev–Trinajstić information content (AvgIpc) is 2.63. The molecule has 1 saturated heterocycles. The van der Waals surface area contributed by atoms with E-state index in [0.717, 1.165) is 41.2 Å². The summed E-state index contributed by atoms with van der Waals surface area (Å²) in [4.78, 5) is 17.4. The second kappa shape index (κ2) is 6.21. The first kappa shape index (κ1) is 15.1. The maximum absolute atomic E-state index is 12.9. The average molecular weight is 319 g/mol. The third kappa shape index (κ3) is 2.63. The van der Waals surface area contributed by atoms with Crippen LogP contribution in [0.15, 0.2) is 48.7 Å². The molecule has 1 aliphatic heterocycles. The molecule has 1 fully saturated rings. The maximum atomic E-state index is 12.9. The quantitative estimate of drug-likeness (QED) is 0.714. The van der Waals surface area contributed by atoms with E-state index in [1.54, 1.807) is 6.20 Å². The second-order valence-corrected chi connectivity index (χ2v) is 6.59. The van der Waals surface area contributed by atoms with Crippen molar-refractivity contribution in [3.05, 3.63) is 54.2 Å². The van der Waals surface area contributed by atoms with Crippen LogP contribution in [0, 0.1) is 5.92 Å². The van der Waals surface area contributed by atoms with E-state index in [9.17, 15) is 4.79 Å². The molecule has 2 heterocycles. The summed E-state index contributed by atoms with van der Waals surface area (Å²) in [6.45, 7) is 4.04. The molecule has 1 aromatic heterocycles. The van der Waals surface area contributed by atoms with Gasteiger partial charge >= 0.3 is 0 Å². The number of piperidine rings is 1. The number of pyridine rings is 1. The maximum Gasteiger partial charge on any atom is 0.253 e. The fraction of sp³-hybridized carbons (Fsp3) is 0.300. The van der Waals surface area contributed by atoms with E-state index in [2.05, 4.69) is 28.6 Å². The molecular formula is C20H21N3O. The molecule has 2 aromatic carbocycles. The topological polar surface area (TPSA) is 54.0 Å². The van der Waals surface area contributed by atoms with Crippen LogP contribution in [0.3, 0.4) is 0 Å². The Hall–Kier alpha value is -2.46. The van der Waals surface area contributed by atoms with Crippen molar-refractivity contribution in [3.63, 3.8) is 0 Å². The van der Waals surface area contributed by atoms with Gasteiger partial charge in [-0.2, -0.15) is 0 Å². The second-order valence-electron chi connectivity index (χ2n) is 6.59. The normalized spacial score (nSPS) is 21.0. The van der Waals surface area contributed by atoms with Crippen LogP contribution < -0.4 is 10.6 Å². The van der Waals surface area contributed by atoms with Gasteiger partial charge in [-0.3, -0.25) is 9.78 Å². The van der Waals surface area contributed by atoms with Crippen molar-refractivity contribution in [2.24, 2.45) is 5.92 Å². The number of carbonyl (C=O) groups is 1. The summed E-state index contributed by atoms with van der Waals surface area (Å²) in [5, 5.41) is 9.78. The van der Waals surface area contributed by atoms with E-state index >= 15 is 0 Å².